The van der Waals surface area contributed by atoms with Gasteiger partial charge in [0.05, 0.1) is 23.2 Å². The maximum absolute atomic E-state index is 12.5. The van der Waals surface area contributed by atoms with Gasteiger partial charge in [0.1, 0.15) is 0 Å². The molecule has 7 heteroatoms. The fourth-order valence-electron chi connectivity index (χ4n) is 2.76. The molecule has 2 aliphatic rings. The van der Waals surface area contributed by atoms with Crippen LogP contribution in [0.4, 0.5) is 0 Å². The molecule has 21 heavy (non-hydrogen) atoms. The first-order valence-corrected chi connectivity index (χ1v) is 8.02. The Morgan fingerprint density at radius 3 is 2.52 bits per heavy atom. The number of likely N-dealkylation sites (tertiary alicyclic amines) is 1. The predicted molar refractivity (Wildman–Crippen MR) is 78.9 cm³/mol. The molecular formula is C14H18BrN3O3. The summed E-state index contributed by atoms with van der Waals surface area (Å²) in [4.78, 5) is 25.8. The minimum Gasteiger partial charge on any atom is -0.469 e. The van der Waals surface area contributed by atoms with Crippen molar-refractivity contribution in [3.05, 3.63) is 15.9 Å². The van der Waals surface area contributed by atoms with Crippen molar-refractivity contribution < 1.29 is 14.3 Å². The summed E-state index contributed by atoms with van der Waals surface area (Å²) in [6.07, 6.45) is 3.60. The van der Waals surface area contributed by atoms with E-state index in [1.807, 2.05) is 0 Å². The van der Waals surface area contributed by atoms with E-state index in [9.17, 15) is 9.59 Å². The van der Waals surface area contributed by atoms with E-state index >= 15 is 0 Å². The molecule has 2 heterocycles. The zero-order valence-electron chi connectivity index (χ0n) is 11.9. The summed E-state index contributed by atoms with van der Waals surface area (Å²) in [5, 5.41) is 7.14. The Hall–Kier alpha value is -1.37. The summed E-state index contributed by atoms with van der Waals surface area (Å²) in [5.74, 6) is 0.162. The number of H-pyrrole nitrogens is 1. The van der Waals surface area contributed by atoms with Gasteiger partial charge in [-0.15, -0.1) is 0 Å². The van der Waals surface area contributed by atoms with E-state index in [0.717, 1.165) is 23.0 Å². The number of ether oxygens (including phenoxy) is 1. The number of hydrogen-bond donors (Lipinski definition) is 1. The van der Waals surface area contributed by atoms with Crippen LogP contribution in [0.3, 0.4) is 0 Å². The third kappa shape index (κ3) is 2.84. The van der Waals surface area contributed by atoms with Crippen LogP contribution >= 0.6 is 15.9 Å². The second-order valence-electron chi connectivity index (χ2n) is 5.66. The number of carbonyl (C=O) groups excluding carboxylic acids is 2. The van der Waals surface area contributed by atoms with Crippen LogP contribution in [-0.2, 0) is 9.53 Å². The zero-order valence-corrected chi connectivity index (χ0v) is 13.5. The highest BCUT2D eigenvalue weighted by atomic mass is 79.9. The number of amides is 1. The predicted octanol–water partition coefficient (Wildman–Crippen LogP) is 2.07. The van der Waals surface area contributed by atoms with Crippen molar-refractivity contribution in [3.8, 4) is 0 Å². The van der Waals surface area contributed by atoms with Crippen molar-refractivity contribution in [2.45, 2.75) is 31.6 Å². The van der Waals surface area contributed by atoms with Gasteiger partial charge in [-0.05, 0) is 41.6 Å². The minimum atomic E-state index is -0.181. The lowest BCUT2D eigenvalue weighted by Crippen LogP contribution is -2.40. The molecule has 1 aromatic rings. The molecule has 0 aromatic carbocycles. The Bertz CT molecular complexity index is 560. The molecule has 0 bridgehead atoms. The summed E-state index contributed by atoms with van der Waals surface area (Å²) in [6, 6.07) is 0. The van der Waals surface area contributed by atoms with E-state index in [-0.39, 0.29) is 17.8 Å². The Labute approximate surface area is 131 Å². The summed E-state index contributed by atoms with van der Waals surface area (Å²) < 4.78 is 5.55. The van der Waals surface area contributed by atoms with Gasteiger partial charge in [0.25, 0.3) is 5.91 Å². The van der Waals surface area contributed by atoms with Gasteiger partial charge in [0.15, 0.2) is 5.69 Å². The van der Waals surface area contributed by atoms with Gasteiger partial charge >= 0.3 is 5.97 Å². The highest BCUT2D eigenvalue weighted by molar-refractivity contribution is 9.10. The Morgan fingerprint density at radius 1 is 1.29 bits per heavy atom. The van der Waals surface area contributed by atoms with Crippen LogP contribution in [0.1, 0.15) is 47.8 Å². The molecule has 0 unspecified atom stereocenters. The van der Waals surface area contributed by atoms with Crippen molar-refractivity contribution in [3.63, 3.8) is 0 Å². The summed E-state index contributed by atoms with van der Waals surface area (Å²) in [5.41, 5.74) is 1.48. The number of carbonyl (C=O) groups is 2. The van der Waals surface area contributed by atoms with Crippen molar-refractivity contribution in [2.24, 2.45) is 5.92 Å². The molecule has 1 aliphatic carbocycles. The lowest BCUT2D eigenvalue weighted by Gasteiger charge is -2.30. The second-order valence-corrected chi connectivity index (χ2v) is 6.46. The van der Waals surface area contributed by atoms with Gasteiger partial charge < -0.3 is 9.64 Å². The summed E-state index contributed by atoms with van der Waals surface area (Å²) in [6.45, 7) is 1.13. The van der Waals surface area contributed by atoms with Gasteiger partial charge in [-0.3, -0.25) is 14.7 Å². The fraction of sp³-hybridized carbons (Fsp3) is 0.643. The number of nitrogens with one attached hydrogen (secondary N) is 1. The SMILES string of the molecule is COC(=O)C1CCN(C(=O)c2n[nH]c(C3CC3)c2Br)CC1. The van der Waals surface area contributed by atoms with E-state index in [2.05, 4.69) is 26.1 Å². The standard InChI is InChI=1S/C14H18BrN3O3/c1-21-14(20)9-4-6-18(7-5-9)13(19)12-10(15)11(16-17-12)8-2-3-8/h8-9H,2-7H2,1H3,(H,16,17). The topological polar surface area (TPSA) is 75.3 Å². The van der Waals surface area contributed by atoms with E-state index in [4.69, 9.17) is 4.74 Å². The average Bonchev–Trinajstić information content (AvgIpc) is 3.29. The van der Waals surface area contributed by atoms with Crippen LogP contribution in [0.25, 0.3) is 0 Å². The van der Waals surface area contributed by atoms with Crippen LogP contribution in [0.5, 0.6) is 0 Å². The van der Waals surface area contributed by atoms with Crippen molar-refractivity contribution in [2.75, 3.05) is 20.2 Å². The van der Waals surface area contributed by atoms with E-state index in [1.165, 1.54) is 7.11 Å². The van der Waals surface area contributed by atoms with Gasteiger partial charge in [-0.1, -0.05) is 0 Å². The fourth-order valence-corrected chi connectivity index (χ4v) is 3.43. The largest absolute Gasteiger partial charge is 0.469 e. The molecule has 1 N–H and O–H groups in total. The Kier molecular flexibility index (Phi) is 4.01. The number of nitrogens with zero attached hydrogens (tertiary/aromatic N) is 2. The number of piperidine rings is 1. The summed E-state index contributed by atoms with van der Waals surface area (Å²) >= 11 is 3.49. The smallest absolute Gasteiger partial charge is 0.308 e. The molecule has 2 fully saturated rings. The molecule has 1 aromatic heterocycles. The molecule has 1 saturated carbocycles. The van der Waals surface area contributed by atoms with Gasteiger partial charge in [0, 0.05) is 19.0 Å². The molecule has 0 radical (unpaired) electrons. The lowest BCUT2D eigenvalue weighted by atomic mass is 9.97. The molecule has 1 saturated heterocycles. The second kappa shape index (κ2) is 5.79. The third-order valence-electron chi connectivity index (χ3n) is 4.24. The quantitative estimate of drug-likeness (QED) is 0.842. The highest BCUT2D eigenvalue weighted by Gasteiger charge is 2.33. The first kappa shape index (κ1) is 14.6. The maximum atomic E-state index is 12.5. The van der Waals surface area contributed by atoms with E-state index in [0.29, 0.717) is 37.5 Å². The number of esters is 1. The third-order valence-corrected chi connectivity index (χ3v) is 5.04. The molecule has 114 valence electrons. The van der Waals surface area contributed by atoms with Crippen LogP contribution in [0.2, 0.25) is 0 Å². The molecule has 1 amide bonds. The van der Waals surface area contributed by atoms with Gasteiger partial charge in [0.2, 0.25) is 0 Å². The van der Waals surface area contributed by atoms with Gasteiger partial charge in [-0.25, -0.2) is 0 Å². The van der Waals surface area contributed by atoms with Crippen LogP contribution in [0.15, 0.2) is 4.47 Å². The highest BCUT2D eigenvalue weighted by Crippen LogP contribution is 2.43. The molecule has 6 nitrogen and oxygen atoms in total. The Balaban J connectivity index is 1.65. The number of hydrogen-bond acceptors (Lipinski definition) is 4. The monoisotopic (exact) mass is 355 g/mol. The first-order chi connectivity index (χ1) is 10.1. The number of aromatic amines is 1. The molecule has 0 atom stereocenters. The molecular weight excluding hydrogens is 338 g/mol. The molecule has 1 aliphatic heterocycles. The Morgan fingerprint density at radius 2 is 1.95 bits per heavy atom. The minimum absolute atomic E-state index is 0.0756. The molecule has 0 spiro atoms. The number of rotatable bonds is 3. The van der Waals surface area contributed by atoms with Crippen LogP contribution in [0, 0.1) is 5.92 Å². The van der Waals surface area contributed by atoms with Crippen molar-refractivity contribution in [1.29, 1.82) is 0 Å². The molecule has 3 rings (SSSR count). The van der Waals surface area contributed by atoms with Gasteiger partial charge in [-0.2, -0.15) is 5.10 Å². The van der Waals surface area contributed by atoms with E-state index < -0.39 is 0 Å². The van der Waals surface area contributed by atoms with Crippen molar-refractivity contribution >= 4 is 27.8 Å². The van der Waals surface area contributed by atoms with Crippen LogP contribution in [-0.4, -0.2) is 47.2 Å². The van der Waals surface area contributed by atoms with Crippen molar-refractivity contribution in [1.82, 2.24) is 15.1 Å². The zero-order chi connectivity index (χ0) is 15.0. The average molecular weight is 356 g/mol. The normalized spacial score (nSPS) is 19.6. The number of methoxy groups -OCH3 is 1. The number of aromatic nitrogens is 2. The summed E-state index contributed by atoms with van der Waals surface area (Å²) in [7, 11) is 1.40. The number of halogens is 1. The van der Waals surface area contributed by atoms with E-state index in [1.54, 1.807) is 4.90 Å². The lowest BCUT2D eigenvalue weighted by molar-refractivity contribution is -0.146. The maximum Gasteiger partial charge on any atom is 0.308 e. The van der Waals surface area contributed by atoms with Crippen LogP contribution < -0.4 is 0 Å². The first-order valence-electron chi connectivity index (χ1n) is 7.22.